The third-order valence-corrected chi connectivity index (χ3v) is 4.29. The monoisotopic (exact) mass is 377 g/mol. The minimum atomic E-state index is -1.33. The molecule has 1 aromatic heterocycles. The maximum atomic E-state index is 13.9. The van der Waals surface area contributed by atoms with E-state index in [0.29, 0.717) is 11.4 Å². The molecule has 2 atom stereocenters. The highest BCUT2D eigenvalue weighted by atomic mass is 28.1. The highest BCUT2D eigenvalue weighted by molar-refractivity contribution is 6.13. The molecule has 0 aliphatic carbocycles. The van der Waals surface area contributed by atoms with Crippen LogP contribution in [0.5, 0.6) is 0 Å². The number of nitrogens with zero attached hydrogens (tertiary/aromatic N) is 2. The van der Waals surface area contributed by atoms with Crippen LogP contribution in [0.3, 0.4) is 0 Å². The average molecular weight is 377 g/mol. The number of aromatic nitrogens is 2. The number of hydrogen-bond donors (Lipinski definition) is 2. The van der Waals surface area contributed by atoms with Crippen molar-refractivity contribution < 1.29 is 14.6 Å². The molecule has 2 aromatic carbocycles. The van der Waals surface area contributed by atoms with Gasteiger partial charge in [0.05, 0.1) is 16.8 Å². The lowest BCUT2D eigenvalue weighted by molar-refractivity contribution is 0.130. The Hall–Kier alpha value is -2.72. The van der Waals surface area contributed by atoms with Gasteiger partial charge in [0.25, 0.3) is 0 Å². The molecule has 0 saturated heterocycles. The van der Waals surface area contributed by atoms with Crippen LogP contribution in [0.2, 0.25) is 0 Å². The molecule has 1 heterocycles. The van der Waals surface area contributed by atoms with Gasteiger partial charge in [0.1, 0.15) is 22.9 Å². The zero-order valence-corrected chi connectivity index (χ0v) is 15.7. The van der Waals surface area contributed by atoms with Crippen molar-refractivity contribution in [3.63, 3.8) is 0 Å². The summed E-state index contributed by atoms with van der Waals surface area (Å²) in [5.41, 5.74) is 2.04. The summed E-state index contributed by atoms with van der Waals surface area (Å²) in [6, 6.07) is 13.3. The number of hydrogen-bond acceptors (Lipinski definition) is 3. The highest BCUT2D eigenvalue weighted by Crippen LogP contribution is 2.23. The molecule has 4 nitrogen and oxygen atoms in total. The zero-order chi connectivity index (χ0) is 19.4. The second-order valence-electron chi connectivity index (χ2n) is 6.26. The minimum Gasteiger partial charge on any atom is -0.393 e. The molecule has 0 unspecified atom stereocenters. The van der Waals surface area contributed by atoms with Crippen LogP contribution in [-0.4, -0.2) is 36.6 Å². The van der Waals surface area contributed by atoms with Gasteiger partial charge in [0.15, 0.2) is 0 Å². The molecule has 3 aromatic rings. The maximum absolute atomic E-state index is 13.9. The summed E-state index contributed by atoms with van der Waals surface area (Å²) in [6.07, 6.45) is 3.19. The first kappa shape index (κ1) is 19.0. The van der Waals surface area contributed by atoms with Crippen LogP contribution in [0.4, 0.5) is 4.39 Å². The fourth-order valence-electron chi connectivity index (χ4n) is 2.74. The molecule has 0 bridgehead atoms. The first-order valence-corrected chi connectivity index (χ1v) is 8.88. The van der Waals surface area contributed by atoms with Crippen molar-refractivity contribution in [2.24, 2.45) is 0 Å². The molecular weight excluding hydrogens is 359 g/mol. The first-order valence-electron chi connectivity index (χ1n) is 8.38. The van der Waals surface area contributed by atoms with Crippen LogP contribution in [0.1, 0.15) is 24.4 Å². The van der Waals surface area contributed by atoms with Crippen LogP contribution in [0, 0.1) is 17.7 Å². The van der Waals surface area contributed by atoms with E-state index in [1.54, 1.807) is 48.0 Å². The van der Waals surface area contributed by atoms with Crippen molar-refractivity contribution >= 4 is 10.2 Å². The van der Waals surface area contributed by atoms with Gasteiger partial charge in [-0.25, -0.2) is 9.37 Å². The zero-order valence-electron chi connectivity index (χ0n) is 14.7. The Balaban J connectivity index is 1.85. The Kier molecular flexibility index (Phi) is 5.56. The summed E-state index contributed by atoms with van der Waals surface area (Å²) in [5.74, 6) is 6.07. The quantitative estimate of drug-likeness (QED) is 0.543. The van der Waals surface area contributed by atoms with Gasteiger partial charge in [0, 0.05) is 23.5 Å². The standard InChI is InChI=1S/C21H18FN2O2Si/c1-21(26,27)20-23-12-13-24(20)17(14-25)11-8-15-6-9-16(10-7-15)18-4-2-3-5-19(18)22/h2-7,9-10,12-13,17,25-26H,14H2,1H3/t17-,21-/m0/s1. The second kappa shape index (κ2) is 7.88. The van der Waals surface area contributed by atoms with Crippen LogP contribution >= 0.6 is 0 Å². The molecule has 6 heteroatoms. The van der Waals surface area contributed by atoms with Crippen molar-refractivity contribution in [3.8, 4) is 23.0 Å². The molecule has 0 saturated carbocycles. The molecule has 3 radical (unpaired) electrons. The van der Waals surface area contributed by atoms with Gasteiger partial charge in [-0.3, -0.25) is 0 Å². The summed E-state index contributed by atoms with van der Waals surface area (Å²) < 4.78 is 15.5. The second-order valence-corrected chi connectivity index (χ2v) is 7.23. The predicted octanol–water partition coefficient (Wildman–Crippen LogP) is 2.61. The Labute approximate surface area is 160 Å². The van der Waals surface area contributed by atoms with E-state index in [0.717, 1.165) is 11.1 Å². The van der Waals surface area contributed by atoms with E-state index < -0.39 is 11.3 Å². The lowest BCUT2D eigenvalue weighted by Gasteiger charge is -2.21. The summed E-state index contributed by atoms with van der Waals surface area (Å²) >= 11 is 0. The Morgan fingerprint density at radius 1 is 1.22 bits per heavy atom. The van der Waals surface area contributed by atoms with E-state index in [4.69, 9.17) is 0 Å². The van der Waals surface area contributed by atoms with Crippen LogP contribution < -0.4 is 0 Å². The van der Waals surface area contributed by atoms with E-state index in [2.05, 4.69) is 27.1 Å². The topological polar surface area (TPSA) is 58.3 Å². The molecule has 27 heavy (non-hydrogen) atoms. The third-order valence-electron chi connectivity index (χ3n) is 4.07. The van der Waals surface area contributed by atoms with E-state index in [9.17, 15) is 14.6 Å². The van der Waals surface area contributed by atoms with E-state index in [1.165, 1.54) is 12.3 Å². The van der Waals surface area contributed by atoms with Gasteiger partial charge >= 0.3 is 0 Å². The highest BCUT2D eigenvalue weighted by Gasteiger charge is 2.24. The van der Waals surface area contributed by atoms with Gasteiger partial charge in [0.2, 0.25) is 0 Å². The molecule has 0 aliphatic rings. The normalized spacial score (nSPS) is 14.1. The van der Waals surface area contributed by atoms with Crippen LogP contribution in [0.15, 0.2) is 60.9 Å². The summed E-state index contributed by atoms with van der Waals surface area (Å²) in [7, 11) is 3.21. The minimum absolute atomic E-state index is 0.230. The number of benzene rings is 2. The summed E-state index contributed by atoms with van der Waals surface area (Å²) in [5, 5.41) is 18.5. The van der Waals surface area contributed by atoms with Gasteiger partial charge in [-0.15, -0.1) is 0 Å². The number of aliphatic hydroxyl groups excluding tert-OH is 1. The average Bonchev–Trinajstić information content (AvgIpc) is 3.13. The van der Waals surface area contributed by atoms with Crippen LogP contribution in [0.25, 0.3) is 11.1 Å². The lowest BCUT2D eigenvalue weighted by Crippen LogP contribution is -2.28. The molecule has 2 N–H and O–H groups in total. The van der Waals surface area contributed by atoms with Crippen molar-refractivity contribution in [3.05, 3.63) is 78.1 Å². The lowest BCUT2D eigenvalue weighted by atomic mass is 10.0. The fraction of sp³-hybridized carbons (Fsp3) is 0.190. The molecule has 0 spiro atoms. The number of aliphatic hydroxyl groups is 2. The Morgan fingerprint density at radius 2 is 1.93 bits per heavy atom. The smallest absolute Gasteiger partial charge is 0.137 e. The molecule has 0 amide bonds. The number of imidazole rings is 1. The fourth-order valence-corrected chi connectivity index (χ4v) is 2.93. The first-order chi connectivity index (χ1) is 12.9. The van der Waals surface area contributed by atoms with Gasteiger partial charge < -0.3 is 14.8 Å². The molecular formula is C21H18FN2O2Si. The van der Waals surface area contributed by atoms with Crippen molar-refractivity contribution in [1.82, 2.24) is 9.55 Å². The van der Waals surface area contributed by atoms with Gasteiger partial charge in [-0.2, -0.15) is 0 Å². The van der Waals surface area contributed by atoms with E-state index in [-0.39, 0.29) is 12.4 Å². The van der Waals surface area contributed by atoms with Crippen molar-refractivity contribution in [1.29, 1.82) is 0 Å². The van der Waals surface area contributed by atoms with Crippen LogP contribution in [-0.2, 0) is 5.22 Å². The number of rotatable bonds is 4. The molecule has 3 rings (SSSR count). The Bertz CT molecular complexity index is 982. The number of halogens is 1. The van der Waals surface area contributed by atoms with Crippen molar-refractivity contribution in [2.45, 2.75) is 18.2 Å². The maximum Gasteiger partial charge on any atom is 0.137 e. The Morgan fingerprint density at radius 3 is 2.56 bits per heavy atom. The molecule has 0 fully saturated rings. The van der Waals surface area contributed by atoms with Gasteiger partial charge in [-0.05, 0) is 30.7 Å². The summed E-state index contributed by atoms with van der Waals surface area (Å²) in [6.45, 7) is 1.32. The largest absolute Gasteiger partial charge is 0.393 e. The summed E-state index contributed by atoms with van der Waals surface area (Å²) in [4.78, 5) is 4.11. The molecule has 0 aliphatic heterocycles. The van der Waals surface area contributed by atoms with E-state index >= 15 is 0 Å². The third kappa shape index (κ3) is 4.34. The SMILES string of the molecule is C[C@](O)([Si])c1nccn1[C@@H](C#Cc1ccc(-c2ccccc2F)cc1)CO. The molecule has 135 valence electrons. The predicted molar refractivity (Wildman–Crippen MR) is 102 cm³/mol. The van der Waals surface area contributed by atoms with E-state index in [1.807, 2.05) is 12.1 Å². The van der Waals surface area contributed by atoms with Gasteiger partial charge in [-0.1, -0.05) is 42.2 Å². The van der Waals surface area contributed by atoms with Crippen molar-refractivity contribution in [2.75, 3.05) is 6.61 Å².